The van der Waals surface area contributed by atoms with Gasteiger partial charge in [0, 0.05) is 24.2 Å². The molecule has 8 heteroatoms. The molecular weight excluding hydrogens is 405 g/mol. The Hall–Kier alpha value is -3.70. The van der Waals surface area contributed by atoms with Crippen molar-refractivity contribution in [1.29, 1.82) is 5.26 Å². The first kappa shape index (κ1) is 19.6. The maximum Gasteiger partial charge on any atom is 0.348 e. The van der Waals surface area contributed by atoms with E-state index in [1.165, 1.54) is 12.1 Å². The molecule has 1 aliphatic rings. The summed E-state index contributed by atoms with van der Waals surface area (Å²) in [7, 11) is 3.53. The quantitative estimate of drug-likeness (QED) is 0.359. The Balaban J connectivity index is 1.54. The van der Waals surface area contributed by atoms with Gasteiger partial charge in [0.1, 0.15) is 28.2 Å². The summed E-state index contributed by atoms with van der Waals surface area (Å²) in [6, 6.07) is 15.4. The largest absolute Gasteiger partial charge is 0.453 e. The number of para-hydroxylation sites is 2. The van der Waals surface area contributed by atoms with Crippen LogP contribution < -0.4 is 9.80 Å². The van der Waals surface area contributed by atoms with Crippen LogP contribution >= 0.6 is 11.3 Å². The van der Waals surface area contributed by atoms with Gasteiger partial charge in [0.15, 0.2) is 6.61 Å². The molecule has 0 N–H and O–H groups in total. The van der Waals surface area contributed by atoms with Crippen LogP contribution in [0.15, 0.2) is 59.9 Å². The Bertz CT molecular complexity index is 1230. The fraction of sp³-hybridized carbons (Fsp3) is 0.136. The van der Waals surface area contributed by atoms with Gasteiger partial charge in [0.25, 0.3) is 0 Å². The van der Waals surface area contributed by atoms with Crippen molar-refractivity contribution in [3.8, 4) is 6.07 Å². The van der Waals surface area contributed by atoms with Crippen LogP contribution in [0.25, 0.3) is 10.1 Å². The number of benzene rings is 2. The SMILES string of the molecule is CN1C(=C(C#N)C(=O)COC(=O)c2cc3c(F)cccc3s2)N(C)c2ccccc21. The van der Waals surface area contributed by atoms with E-state index in [-0.39, 0.29) is 10.5 Å². The van der Waals surface area contributed by atoms with Crippen LogP contribution in [0.5, 0.6) is 0 Å². The molecule has 0 saturated heterocycles. The molecule has 6 nitrogen and oxygen atoms in total. The van der Waals surface area contributed by atoms with Gasteiger partial charge < -0.3 is 14.5 Å². The molecule has 0 spiro atoms. The number of ketones is 1. The third-order valence-electron chi connectivity index (χ3n) is 4.90. The summed E-state index contributed by atoms with van der Waals surface area (Å²) in [6.07, 6.45) is 0. The van der Waals surface area contributed by atoms with E-state index in [1.54, 1.807) is 36.0 Å². The highest BCUT2D eigenvalue weighted by Crippen LogP contribution is 2.40. The number of nitriles is 1. The normalized spacial score (nSPS) is 12.7. The average Bonchev–Trinajstić information content (AvgIpc) is 3.29. The molecule has 0 unspecified atom stereocenters. The Morgan fingerprint density at radius 2 is 1.77 bits per heavy atom. The molecule has 0 radical (unpaired) electrons. The predicted molar refractivity (Wildman–Crippen MR) is 113 cm³/mol. The van der Waals surface area contributed by atoms with Crippen LogP contribution in [0.3, 0.4) is 0 Å². The minimum absolute atomic E-state index is 0.105. The van der Waals surface area contributed by atoms with E-state index in [0.29, 0.717) is 15.9 Å². The maximum atomic E-state index is 13.8. The monoisotopic (exact) mass is 421 g/mol. The van der Waals surface area contributed by atoms with Crippen molar-refractivity contribution in [1.82, 2.24) is 0 Å². The van der Waals surface area contributed by atoms with Crippen LogP contribution in [0.2, 0.25) is 0 Å². The van der Waals surface area contributed by atoms with Crippen LogP contribution in [0.4, 0.5) is 15.8 Å². The predicted octanol–water partition coefficient (Wildman–Crippen LogP) is 4.09. The summed E-state index contributed by atoms with van der Waals surface area (Å²) in [5.74, 6) is -1.35. The molecule has 0 amide bonds. The first-order valence-electron chi connectivity index (χ1n) is 9.01. The summed E-state index contributed by atoms with van der Waals surface area (Å²) < 4.78 is 19.6. The second-order valence-corrected chi connectivity index (χ2v) is 7.76. The molecule has 4 rings (SSSR count). The van der Waals surface area contributed by atoms with E-state index < -0.39 is 24.2 Å². The molecule has 1 aromatic heterocycles. The number of hydrogen-bond donors (Lipinski definition) is 0. The number of nitrogens with zero attached hydrogens (tertiary/aromatic N) is 3. The lowest BCUT2D eigenvalue weighted by Gasteiger charge is -2.19. The Morgan fingerprint density at radius 1 is 1.10 bits per heavy atom. The number of fused-ring (bicyclic) bond motifs is 2. The van der Waals surface area contributed by atoms with E-state index >= 15 is 0 Å². The molecular formula is C22H16FN3O3S. The summed E-state index contributed by atoms with van der Waals surface area (Å²) in [5.41, 5.74) is 1.62. The third-order valence-corrected chi connectivity index (χ3v) is 5.98. The molecule has 0 bridgehead atoms. The third kappa shape index (κ3) is 3.19. The zero-order valence-corrected chi connectivity index (χ0v) is 17.0. The molecule has 1 aliphatic heterocycles. The number of esters is 1. The smallest absolute Gasteiger partial charge is 0.348 e. The number of carbonyl (C=O) groups is 2. The highest BCUT2D eigenvalue weighted by atomic mass is 32.1. The molecule has 0 atom stereocenters. The van der Waals surface area contributed by atoms with Crippen molar-refractivity contribution in [2.45, 2.75) is 0 Å². The van der Waals surface area contributed by atoms with Crippen LogP contribution in [-0.4, -0.2) is 32.5 Å². The van der Waals surface area contributed by atoms with Gasteiger partial charge in [-0.15, -0.1) is 11.3 Å². The van der Waals surface area contributed by atoms with Gasteiger partial charge in [0.05, 0.1) is 11.4 Å². The molecule has 2 aromatic carbocycles. The minimum Gasteiger partial charge on any atom is -0.453 e. The second kappa shape index (κ2) is 7.61. The van der Waals surface area contributed by atoms with Crippen molar-refractivity contribution in [3.05, 3.63) is 70.6 Å². The number of Topliss-reactive ketones (excluding diaryl/α,β-unsaturated/α-hetero) is 1. The number of thiophene rings is 1. The van der Waals surface area contributed by atoms with Gasteiger partial charge in [-0.1, -0.05) is 18.2 Å². The zero-order chi connectivity index (χ0) is 21.4. The number of anilines is 2. The molecule has 2 heterocycles. The summed E-state index contributed by atoms with van der Waals surface area (Å²) in [5, 5.41) is 9.94. The first-order valence-corrected chi connectivity index (χ1v) is 9.83. The summed E-state index contributed by atoms with van der Waals surface area (Å²) >= 11 is 1.08. The van der Waals surface area contributed by atoms with Gasteiger partial charge >= 0.3 is 5.97 Å². The number of halogens is 1. The number of ether oxygens (including phenoxy) is 1. The summed E-state index contributed by atoms with van der Waals surface area (Å²) in [4.78, 5) is 28.8. The maximum absolute atomic E-state index is 13.8. The van der Waals surface area contributed by atoms with Crippen LogP contribution in [0, 0.1) is 17.1 Å². The standard InChI is InChI=1S/C22H16FN3O3S/c1-25-16-7-3-4-8-17(16)26(2)21(25)14(11-24)18(27)12-29-22(28)20-10-13-15(23)6-5-9-19(13)30-20/h3-10H,12H2,1-2H3. The van der Waals surface area contributed by atoms with Crippen molar-refractivity contribution in [2.24, 2.45) is 0 Å². The van der Waals surface area contributed by atoms with Gasteiger partial charge in [-0.25, -0.2) is 9.18 Å². The Kier molecular flexibility index (Phi) is 4.98. The van der Waals surface area contributed by atoms with Crippen molar-refractivity contribution in [2.75, 3.05) is 30.5 Å². The van der Waals surface area contributed by atoms with E-state index in [2.05, 4.69) is 0 Å². The Morgan fingerprint density at radius 3 is 2.37 bits per heavy atom. The average molecular weight is 421 g/mol. The second-order valence-electron chi connectivity index (χ2n) is 6.68. The Labute approximate surface area is 176 Å². The summed E-state index contributed by atoms with van der Waals surface area (Å²) in [6.45, 7) is -0.583. The highest BCUT2D eigenvalue weighted by Gasteiger charge is 2.31. The zero-order valence-electron chi connectivity index (χ0n) is 16.2. The fourth-order valence-electron chi connectivity index (χ4n) is 3.46. The van der Waals surface area contributed by atoms with Gasteiger partial charge in [-0.05, 0) is 30.3 Å². The molecule has 3 aromatic rings. The fourth-order valence-corrected chi connectivity index (χ4v) is 4.43. The van der Waals surface area contributed by atoms with Crippen LogP contribution in [0.1, 0.15) is 9.67 Å². The molecule has 0 saturated carbocycles. The van der Waals surface area contributed by atoms with Gasteiger partial charge in [-0.2, -0.15) is 5.26 Å². The van der Waals surface area contributed by atoms with E-state index in [1.807, 2.05) is 30.3 Å². The van der Waals surface area contributed by atoms with Gasteiger partial charge in [0.2, 0.25) is 5.78 Å². The van der Waals surface area contributed by atoms with E-state index in [9.17, 15) is 19.2 Å². The lowest BCUT2D eigenvalue weighted by atomic mass is 10.2. The highest BCUT2D eigenvalue weighted by molar-refractivity contribution is 7.20. The van der Waals surface area contributed by atoms with Crippen LogP contribution in [-0.2, 0) is 9.53 Å². The molecule has 150 valence electrons. The molecule has 30 heavy (non-hydrogen) atoms. The lowest BCUT2D eigenvalue weighted by molar-refractivity contribution is -0.118. The number of carbonyl (C=O) groups excluding carboxylic acids is 2. The van der Waals surface area contributed by atoms with Crippen molar-refractivity contribution in [3.63, 3.8) is 0 Å². The van der Waals surface area contributed by atoms with Crippen molar-refractivity contribution < 1.29 is 18.7 Å². The van der Waals surface area contributed by atoms with E-state index in [4.69, 9.17) is 4.74 Å². The number of rotatable bonds is 4. The first-order chi connectivity index (χ1) is 14.4. The molecule has 0 aliphatic carbocycles. The molecule has 0 fully saturated rings. The van der Waals surface area contributed by atoms with Gasteiger partial charge in [-0.3, -0.25) is 4.79 Å². The lowest BCUT2D eigenvalue weighted by Crippen LogP contribution is -2.27. The minimum atomic E-state index is -0.734. The topological polar surface area (TPSA) is 73.6 Å². The number of hydrogen-bond acceptors (Lipinski definition) is 7. The van der Waals surface area contributed by atoms with E-state index in [0.717, 1.165) is 22.7 Å². The van der Waals surface area contributed by atoms with Crippen molar-refractivity contribution >= 4 is 44.6 Å².